The third kappa shape index (κ3) is 1.08. The Morgan fingerprint density at radius 2 is 2.20 bits per heavy atom. The van der Waals surface area contributed by atoms with E-state index in [1.54, 1.807) is 0 Å². The van der Waals surface area contributed by atoms with Crippen LogP contribution < -0.4 is 0 Å². The average Bonchev–Trinajstić information content (AvgIpc) is 2.53. The summed E-state index contributed by atoms with van der Waals surface area (Å²) in [5.41, 5.74) is 0.275. The fourth-order valence-electron chi connectivity index (χ4n) is 4.46. The molecule has 1 nitrogen and oxygen atoms in total. The van der Waals surface area contributed by atoms with Gasteiger partial charge in [-0.15, -0.1) is 0 Å². The lowest BCUT2D eigenvalue weighted by Crippen LogP contribution is -2.60. The maximum Gasteiger partial charge on any atom is 0.0639 e. The first-order chi connectivity index (χ1) is 7.30. The van der Waals surface area contributed by atoms with Crippen molar-refractivity contribution < 1.29 is 5.11 Å². The van der Waals surface area contributed by atoms with Crippen molar-refractivity contribution in [2.45, 2.75) is 51.6 Å². The summed E-state index contributed by atoms with van der Waals surface area (Å²) < 4.78 is 0. The Kier molecular flexibility index (Phi) is 2.21. The summed E-state index contributed by atoms with van der Waals surface area (Å²) >= 11 is 0. The number of hydrogen-bond donors (Lipinski definition) is 1. The van der Waals surface area contributed by atoms with Crippen LogP contribution in [0.15, 0.2) is 12.2 Å². The Balaban J connectivity index is 1.64. The molecule has 1 spiro atoms. The molecule has 0 amide bonds. The Morgan fingerprint density at radius 3 is 2.87 bits per heavy atom. The molecule has 3 rings (SSSR count). The molecular formula is C14H22O. The summed E-state index contributed by atoms with van der Waals surface area (Å²) in [5.74, 6) is 2.50. The molecule has 0 saturated heterocycles. The number of aliphatic hydroxyl groups is 1. The van der Waals surface area contributed by atoms with E-state index in [0.29, 0.717) is 0 Å². The first-order valence-electron chi connectivity index (χ1n) is 6.68. The van der Waals surface area contributed by atoms with Crippen molar-refractivity contribution in [2.24, 2.45) is 23.2 Å². The van der Waals surface area contributed by atoms with E-state index in [-0.39, 0.29) is 11.5 Å². The number of rotatable bonds is 4. The van der Waals surface area contributed by atoms with Crippen LogP contribution in [0.5, 0.6) is 0 Å². The average molecular weight is 206 g/mol. The SMILES string of the molecule is CCCCC[C@H]1[C@@H]2C=CC23[C@H](O)CC[C@@H]13. The molecule has 0 heterocycles. The van der Waals surface area contributed by atoms with Crippen LogP contribution in [0.1, 0.15) is 45.4 Å². The second kappa shape index (κ2) is 3.35. The molecule has 15 heavy (non-hydrogen) atoms. The van der Waals surface area contributed by atoms with Crippen LogP contribution in [0.25, 0.3) is 0 Å². The zero-order valence-electron chi connectivity index (χ0n) is 9.65. The van der Waals surface area contributed by atoms with Crippen LogP contribution >= 0.6 is 0 Å². The van der Waals surface area contributed by atoms with E-state index < -0.39 is 0 Å². The van der Waals surface area contributed by atoms with E-state index in [0.717, 1.165) is 24.2 Å². The van der Waals surface area contributed by atoms with E-state index in [2.05, 4.69) is 19.1 Å². The topological polar surface area (TPSA) is 20.2 Å². The lowest BCUT2D eigenvalue weighted by atomic mass is 9.41. The number of hydrogen-bond acceptors (Lipinski definition) is 1. The van der Waals surface area contributed by atoms with Gasteiger partial charge in [0, 0.05) is 5.41 Å². The molecule has 0 aromatic carbocycles. The fourth-order valence-corrected chi connectivity index (χ4v) is 4.46. The highest BCUT2D eigenvalue weighted by Crippen LogP contribution is 2.71. The van der Waals surface area contributed by atoms with Crippen LogP contribution in [0.2, 0.25) is 0 Å². The molecule has 1 N–H and O–H groups in total. The first-order valence-corrected chi connectivity index (χ1v) is 6.68. The van der Waals surface area contributed by atoms with E-state index in [1.165, 1.54) is 32.1 Å². The third-order valence-electron chi connectivity index (χ3n) is 5.26. The zero-order valence-corrected chi connectivity index (χ0v) is 9.65. The van der Waals surface area contributed by atoms with Gasteiger partial charge in [-0.05, 0) is 37.0 Å². The van der Waals surface area contributed by atoms with Gasteiger partial charge in [-0.3, -0.25) is 0 Å². The summed E-state index contributed by atoms with van der Waals surface area (Å²) in [6, 6.07) is 0. The molecule has 3 aliphatic rings. The molecular weight excluding hydrogens is 184 g/mol. The second-order valence-electron chi connectivity index (χ2n) is 5.74. The van der Waals surface area contributed by atoms with Gasteiger partial charge < -0.3 is 5.11 Å². The third-order valence-corrected chi connectivity index (χ3v) is 5.26. The van der Waals surface area contributed by atoms with Crippen molar-refractivity contribution in [3.8, 4) is 0 Å². The van der Waals surface area contributed by atoms with Gasteiger partial charge in [0.2, 0.25) is 0 Å². The summed E-state index contributed by atoms with van der Waals surface area (Å²) in [7, 11) is 0. The zero-order chi connectivity index (χ0) is 10.5. The Labute approximate surface area is 92.6 Å². The largest absolute Gasteiger partial charge is 0.392 e. The molecule has 0 aromatic heterocycles. The summed E-state index contributed by atoms with van der Waals surface area (Å²) in [5, 5.41) is 10.0. The predicted molar refractivity (Wildman–Crippen MR) is 61.4 cm³/mol. The lowest BCUT2D eigenvalue weighted by molar-refractivity contribution is -0.119. The van der Waals surface area contributed by atoms with E-state index in [9.17, 15) is 5.11 Å². The van der Waals surface area contributed by atoms with Gasteiger partial charge in [0.1, 0.15) is 0 Å². The number of allylic oxidation sites excluding steroid dienone is 1. The van der Waals surface area contributed by atoms with Crippen molar-refractivity contribution in [1.82, 2.24) is 0 Å². The second-order valence-corrected chi connectivity index (χ2v) is 5.74. The van der Waals surface area contributed by atoms with Gasteiger partial charge in [0.25, 0.3) is 0 Å². The van der Waals surface area contributed by atoms with Gasteiger partial charge in [0.05, 0.1) is 6.10 Å². The highest BCUT2D eigenvalue weighted by atomic mass is 16.3. The van der Waals surface area contributed by atoms with Crippen molar-refractivity contribution in [1.29, 1.82) is 0 Å². The minimum absolute atomic E-state index is 0.0140. The lowest BCUT2D eigenvalue weighted by Gasteiger charge is -2.63. The molecule has 0 aliphatic heterocycles. The number of unbranched alkanes of at least 4 members (excludes halogenated alkanes) is 2. The normalized spacial score (nSPS) is 50.5. The maximum atomic E-state index is 10.0. The highest BCUT2D eigenvalue weighted by molar-refractivity contribution is 5.34. The molecule has 2 fully saturated rings. The van der Waals surface area contributed by atoms with Crippen LogP contribution in [0, 0.1) is 23.2 Å². The first kappa shape index (κ1) is 9.89. The van der Waals surface area contributed by atoms with Gasteiger partial charge in [-0.2, -0.15) is 0 Å². The van der Waals surface area contributed by atoms with Gasteiger partial charge in [-0.25, -0.2) is 0 Å². The highest BCUT2D eigenvalue weighted by Gasteiger charge is 2.68. The van der Waals surface area contributed by atoms with Crippen molar-refractivity contribution in [3.05, 3.63) is 12.2 Å². The van der Waals surface area contributed by atoms with Crippen molar-refractivity contribution >= 4 is 0 Å². The summed E-state index contributed by atoms with van der Waals surface area (Å²) in [6.45, 7) is 2.27. The summed E-state index contributed by atoms with van der Waals surface area (Å²) in [4.78, 5) is 0. The molecule has 84 valence electrons. The van der Waals surface area contributed by atoms with Crippen molar-refractivity contribution in [3.63, 3.8) is 0 Å². The minimum atomic E-state index is -0.0140. The Hall–Kier alpha value is -0.300. The molecule has 1 heteroatoms. The molecule has 1 unspecified atom stereocenters. The van der Waals surface area contributed by atoms with E-state index in [1.807, 2.05) is 0 Å². The standard InChI is InChI=1S/C14H22O/c1-2-3-4-5-10-11-6-7-13(15)14(11)9-8-12(10)14/h8-13,15H,2-7H2,1H3/t10-,11+,12+,13-,14?/m1/s1. The van der Waals surface area contributed by atoms with Gasteiger partial charge >= 0.3 is 0 Å². The van der Waals surface area contributed by atoms with Crippen LogP contribution in [0.3, 0.4) is 0 Å². The molecule has 0 radical (unpaired) electrons. The quantitative estimate of drug-likeness (QED) is 0.553. The van der Waals surface area contributed by atoms with Crippen LogP contribution in [-0.2, 0) is 0 Å². The fraction of sp³-hybridized carbons (Fsp3) is 0.857. The molecule has 2 saturated carbocycles. The van der Waals surface area contributed by atoms with E-state index >= 15 is 0 Å². The molecule has 0 bridgehead atoms. The minimum Gasteiger partial charge on any atom is -0.392 e. The van der Waals surface area contributed by atoms with Crippen molar-refractivity contribution in [2.75, 3.05) is 0 Å². The van der Waals surface area contributed by atoms with Crippen LogP contribution in [-0.4, -0.2) is 11.2 Å². The molecule has 3 aliphatic carbocycles. The Bertz CT molecular complexity index is 283. The summed E-state index contributed by atoms with van der Waals surface area (Å²) in [6.07, 6.45) is 12.5. The predicted octanol–water partition coefficient (Wildman–Crippen LogP) is 3.14. The van der Waals surface area contributed by atoms with Crippen LogP contribution in [0.4, 0.5) is 0 Å². The molecule has 5 atom stereocenters. The van der Waals surface area contributed by atoms with Gasteiger partial charge in [-0.1, -0.05) is 38.3 Å². The Morgan fingerprint density at radius 1 is 1.33 bits per heavy atom. The van der Waals surface area contributed by atoms with Gasteiger partial charge in [0.15, 0.2) is 0 Å². The smallest absolute Gasteiger partial charge is 0.0639 e. The molecule has 0 aromatic rings. The maximum absolute atomic E-state index is 10.0. The van der Waals surface area contributed by atoms with E-state index in [4.69, 9.17) is 0 Å². The number of aliphatic hydroxyl groups excluding tert-OH is 1. The monoisotopic (exact) mass is 206 g/mol.